The van der Waals surface area contributed by atoms with Crippen molar-refractivity contribution < 1.29 is 14.3 Å². The first-order valence-corrected chi connectivity index (χ1v) is 9.95. The summed E-state index contributed by atoms with van der Waals surface area (Å²) in [5.74, 6) is 2.18. The van der Waals surface area contributed by atoms with Crippen LogP contribution in [0, 0.1) is 0 Å². The first-order valence-electron chi connectivity index (χ1n) is 9.95. The van der Waals surface area contributed by atoms with Gasteiger partial charge in [0.1, 0.15) is 6.54 Å². The molecule has 0 aromatic heterocycles. The number of aryl methyl sites for hydroxylation is 1. The molecule has 0 bridgehead atoms. The lowest BCUT2D eigenvalue weighted by Gasteiger charge is -2.17. The quantitative estimate of drug-likeness (QED) is 0.344. The van der Waals surface area contributed by atoms with Crippen LogP contribution in [0.4, 0.5) is 0 Å². The van der Waals surface area contributed by atoms with E-state index in [4.69, 9.17) is 9.47 Å². The average molecular weight is 393 g/mol. The lowest BCUT2D eigenvalue weighted by atomic mass is 10.1. The summed E-state index contributed by atoms with van der Waals surface area (Å²) in [5.41, 5.74) is 1.20. The highest BCUT2D eigenvalue weighted by Crippen LogP contribution is 2.28. The van der Waals surface area contributed by atoms with Gasteiger partial charge in [0.25, 0.3) is 0 Å². The third kappa shape index (κ3) is 8.50. The number of carbonyl (C=O) groups excluding carboxylic acids is 1. The summed E-state index contributed by atoms with van der Waals surface area (Å²) in [7, 11) is 5.12. The van der Waals surface area contributed by atoms with Gasteiger partial charge in [-0.25, -0.2) is 4.99 Å². The van der Waals surface area contributed by atoms with Crippen LogP contribution < -0.4 is 20.1 Å². The van der Waals surface area contributed by atoms with E-state index in [1.807, 2.05) is 19.1 Å². The Hall–Kier alpha value is -2.44. The van der Waals surface area contributed by atoms with Crippen LogP contribution in [0.25, 0.3) is 0 Å². The molecule has 0 heterocycles. The maximum Gasteiger partial charge on any atom is 0.243 e. The highest BCUT2D eigenvalue weighted by Gasteiger charge is 2.08. The molecule has 0 fully saturated rings. The minimum Gasteiger partial charge on any atom is -0.493 e. The van der Waals surface area contributed by atoms with E-state index in [2.05, 4.69) is 35.5 Å². The summed E-state index contributed by atoms with van der Waals surface area (Å²) in [6.45, 7) is 7.66. The van der Waals surface area contributed by atoms with E-state index in [0.29, 0.717) is 12.6 Å². The molecule has 158 valence electrons. The predicted octanol–water partition coefficient (Wildman–Crippen LogP) is 2.45. The van der Waals surface area contributed by atoms with E-state index < -0.39 is 0 Å². The van der Waals surface area contributed by atoms with Gasteiger partial charge < -0.3 is 25.0 Å². The van der Waals surface area contributed by atoms with Crippen molar-refractivity contribution in [3.05, 3.63) is 23.8 Å². The largest absolute Gasteiger partial charge is 0.493 e. The summed E-state index contributed by atoms with van der Waals surface area (Å²) < 4.78 is 11.0. The van der Waals surface area contributed by atoms with Crippen molar-refractivity contribution in [2.75, 3.05) is 40.9 Å². The molecule has 1 rings (SSSR count). The number of nitrogens with zero attached hydrogens (tertiary/aromatic N) is 2. The molecule has 1 atom stereocenters. The van der Waals surface area contributed by atoms with Gasteiger partial charge in [0.05, 0.1) is 13.7 Å². The highest BCUT2D eigenvalue weighted by molar-refractivity contribution is 5.84. The maximum absolute atomic E-state index is 11.8. The van der Waals surface area contributed by atoms with Gasteiger partial charge in [-0.2, -0.15) is 0 Å². The van der Waals surface area contributed by atoms with E-state index in [0.717, 1.165) is 37.3 Å². The number of nitrogens with one attached hydrogen (secondary N) is 2. The number of rotatable bonds is 11. The van der Waals surface area contributed by atoms with Gasteiger partial charge in [-0.1, -0.05) is 13.0 Å². The van der Waals surface area contributed by atoms with Crippen LogP contribution in [0.15, 0.2) is 23.2 Å². The standard InChI is InChI=1S/C21H36N4O3/c1-7-16(3)24-21(23-15-20(26)25(4)5)22-13-9-10-17-11-12-18(27-6)19(14-17)28-8-2/h11-12,14,16H,7-10,13,15H2,1-6H3,(H2,22,23,24). The molecule has 28 heavy (non-hydrogen) atoms. The molecule has 0 saturated carbocycles. The van der Waals surface area contributed by atoms with E-state index in [1.165, 1.54) is 5.56 Å². The van der Waals surface area contributed by atoms with Crippen molar-refractivity contribution in [2.45, 2.75) is 46.1 Å². The summed E-state index contributed by atoms with van der Waals surface area (Å²) in [4.78, 5) is 17.7. The van der Waals surface area contributed by atoms with Crippen molar-refractivity contribution in [1.82, 2.24) is 15.5 Å². The second kappa shape index (κ2) is 12.9. The number of benzene rings is 1. The number of aliphatic imine (C=N–C) groups is 1. The van der Waals surface area contributed by atoms with Crippen molar-refractivity contribution in [2.24, 2.45) is 4.99 Å². The lowest BCUT2D eigenvalue weighted by Crippen LogP contribution is -2.43. The van der Waals surface area contributed by atoms with Crippen molar-refractivity contribution >= 4 is 11.9 Å². The number of likely N-dealkylation sites (N-methyl/N-ethyl adjacent to an activating group) is 1. The molecule has 7 heteroatoms. The molecule has 1 aromatic rings. The number of amides is 1. The van der Waals surface area contributed by atoms with Gasteiger partial charge in [0.2, 0.25) is 5.91 Å². The van der Waals surface area contributed by atoms with Crippen molar-refractivity contribution in [3.8, 4) is 11.5 Å². The Labute approximate surface area is 169 Å². The molecule has 0 saturated heterocycles. The number of ether oxygens (including phenoxy) is 2. The second-order valence-corrected chi connectivity index (χ2v) is 6.86. The summed E-state index contributed by atoms with van der Waals surface area (Å²) in [6.07, 6.45) is 2.82. The Morgan fingerprint density at radius 2 is 2.00 bits per heavy atom. The summed E-state index contributed by atoms with van der Waals surface area (Å²) in [5, 5.41) is 6.66. The molecule has 0 spiro atoms. The van der Waals surface area contributed by atoms with Crippen LogP contribution in [0.2, 0.25) is 0 Å². The SMILES string of the molecule is CCOc1cc(CCCNC(=NCC(=O)N(C)C)NC(C)CC)ccc1OC. The van der Waals surface area contributed by atoms with Gasteiger partial charge in [0, 0.05) is 26.7 Å². The lowest BCUT2D eigenvalue weighted by molar-refractivity contribution is -0.127. The number of methoxy groups -OCH3 is 1. The van der Waals surface area contributed by atoms with Gasteiger partial charge in [-0.05, 0) is 50.8 Å². The van der Waals surface area contributed by atoms with Crippen LogP contribution in [0.5, 0.6) is 11.5 Å². The molecule has 1 amide bonds. The predicted molar refractivity (Wildman–Crippen MR) is 114 cm³/mol. The third-order valence-corrected chi connectivity index (χ3v) is 4.33. The molecule has 0 radical (unpaired) electrons. The number of carbonyl (C=O) groups is 1. The normalized spacial score (nSPS) is 12.3. The molecule has 1 aromatic carbocycles. The van der Waals surface area contributed by atoms with E-state index in [9.17, 15) is 4.79 Å². The Morgan fingerprint density at radius 3 is 2.61 bits per heavy atom. The molecule has 2 N–H and O–H groups in total. The van der Waals surface area contributed by atoms with E-state index >= 15 is 0 Å². The first-order chi connectivity index (χ1) is 13.4. The molecule has 0 aliphatic carbocycles. The van der Waals surface area contributed by atoms with E-state index in [1.54, 1.807) is 26.1 Å². The average Bonchev–Trinajstić information content (AvgIpc) is 2.68. The highest BCUT2D eigenvalue weighted by atomic mass is 16.5. The summed E-state index contributed by atoms with van der Waals surface area (Å²) >= 11 is 0. The molecule has 0 aliphatic heterocycles. The fourth-order valence-corrected chi connectivity index (χ4v) is 2.42. The summed E-state index contributed by atoms with van der Waals surface area (Å²) in [6, 6.07) is 6.32. The fraction of sp³-hybridized carbons (Fsp3) is 0.619. The Morgan fingerprint density at radius 1 is 1.25 bits per heavy atom. The molecular formula is C21H36N4O3. The topological polar surface area (TPSA) is 75.2 Å². The molecule has 0 aliphatic rings. The molecule has 7 nitrogen and oxygen atoms in total. The minimum absolute atomic E-state index is 0.0214. The Balaban J connectivity index is 2.59. The number of guanidine groups is 1. The smallest absolute Gasteiger partial charge is 0.243 e. The maximum atomic E-state index is 11.8. The number of hydrogen-bond acceptors (Lipinski definition) is 4. The zero-order valence-electron chi connectivity index (χ0n) is 18.2. The van der Waals surface area contributed by atoms with Gasteiger partial charge in [-0.3, -0.25) is 4.79 Å². The van der Waals surface area contributed by atoms with Crippen LogP contribution in [-0.4, -0.2) is 63.7 Å². The minimum atomic E-state index is -0.0214. The van der Waals surface area contributed by atoms with E-state index in [-0.39, 0.29) is 18.5 Å². The van der Waals surface area contributed by atoms with Crippen molar-refractivity contribution in [3.63, 3.8) is 0 Å². The zero-order valence-corrected chi connectivity index (χ0v) is 18.2. The van der Waals surface area contributed by atoms with Crippen molar-refractivity contribution in [1.29, 1.82) is 0 Å². The first kappa shape index (κ1) is 23.6. The van der Waals surface area contributed by atoms with Gasteiger partial charge in [0.15, 0.2) is 17.5 Å². The van der Waals surface area contributed by atoms with Crippen LogP contribution in [0.3, 0.4) is 0 Å². The Bertz CT molecular complexity index is 632. The van der Waals surface area contributed by atoms with Crippen LogP contribution in [0.1, 0.15) is 39.2 Å². The zero-order chi connectivity index (χ0) is 20.9. The van der Waals surface area contributed by atoms with Crippen LogP contribution in [-0.2, 0) is 11.2 Å². The third-order valence-electron chi connectivity index (χ3n) is 4.33. The van der Waals surface area contributed by atoms with Gasteiger partial charge in [-0.15, -0.1) is 0 Å². The monoisotopic (exact) mass is 392 g/mol. The van der Waals surface area contributed by atoms with Gasteiger partial charge >= 0.3 is 0 Å². The number of hydrogen-bond donors (Lipinski definition) is 2. The second-order valence-electron chi connectivity index (χ2n) is 6.86. The fourth-order valence-electron chi connectivity index (χ4n) is 2.42. The Kier molecular flexibility index (Phi) is 10.8. The molecule has 1 unspecified atom stereocenters. The van der Waals surface area contributed by atoms with Crippen LogP contribution >= 0.6 is 0 Å². The molecular weight excluding hydrogens is 356 g/mol.